The molecule has 6 fully saturated rings. The molecule has 2 unspecified atom stereocenters. The number of carbonyl (C=O) groups is 1. The van der Waals surface area contributed by atoms with E-state index in [0.717, 1.165) is 38.5 Å². The maximum Gasteiger partial charge on any atom is 0.241 e. The van der Waals surface area contributed by atoms with Crippen LogP contribution in [0.2, 0.25) is 0 Å². The molecule has 0 spiro atoms. The van der Waals surface area contributed by atoms with Gasteiger partial charge < -0.3 is 15.7 Å². The number of likely N-dealkylation sites (tertiary alicyclic amines) is 1. The summed E-state index contributed by atoms with van der Waals surface area (Å²) in [5.41, 5.74) is 5.71. The van der Waals surface area contributed by atoms with Crippen molar-refractivity contribution in [2.45, 2.75) is 75.1 Å². The molecule has 1 amide bonds. The third-order valence-corrected chi connectivity index (χ3v) is 7.51. The largest absolute Gasteiger partial charge is 0.390 e. The molecule has 0 aromatic carbocycles. The van der Waals surface area contributed by atoms with Crippen molar-refractivity contribution in [2.75, 3.05) is 0 Å². The maximum atomic E-state index is 13.1. The zero-order valence-electron chi connectivity index (χ0n) is 13.4. The van der Waals surface area contributed by atoms with Gasteiger partial charge in [-0.25, -0.2) is 0 Å². The Bertz CT molecular complexity index is 598. The van der Waals surface area contributed by atoms with Gasteiger partial charge in [0.2, 0.25) is 5.91 Å². The number of nitrogens with zero attached hydrogens (tertiary/aromatic N) is 2. The van der Waals surface area contributed by atoms with Crippen LogP contribution in [0.3, 0.4) is 0 Å². The fourth-order valence-electron chi connectivity index (χ4n) is 6.96. The number of fused-ring (bicyclic) bond motifs is 1. The number of nitriles is 1. The number of rotatable bonds is 2. The Morgan fingerprint density at radius 1 is 1.22 bits per heavy atom. The Balaban J connectivity index is 1.43. The summed E-state index contributed by atoms with van der Waals surface area (Å²) >= 11 is 0. The highest BCUT2D eigenvalue weighted by molar-refractivity contribution is 5.84. The van der Waals surface area contributed by atoms with E-state index in [1.54, 1.807) is 4.90 Å². The fourth-order valence-corrected chi connectivity index (χ4v) is 6.96. The standard InChI is InChI=1S/C18H25N3O2/c19-8-13-2-12-3-14(12)21(13)16(22)15(20)17-4-10-1-11(5-17)7-18(23,6-10)9-17/h10-15,23H,1-7,9,20H2/t10?,11?,12-,13+,14+,15-,17?,18?/m0/s1/i3+1,15+1,16+1. The molecule has 1 aliphatic heterocycles. The highest BCUT2D eigenvalue weighted by atomic mass is 16.3. The van der Waals surface area contributed by atoms with Gasteiger partial charge in [0.25, 0.3) is 0 Å². The first-order valence-electron chi connectivity index (χ1n) is 9.13. The Labute approximate surface area is 136 Å². The SMILES string of the molecule is N#C[C@H]1C[C@H]2[13CH2][C@H]2N1[13C](=O)[13C@H](N)C12CC3CC(CC(O)(C3)C1)C2. The van der Waals surface area contributed by atoms with E-state index in [0.29, 0.717) is 24.2 Å². The van der Waals surface area contributed by atoms with Crippen LogP contribution in [0.5, 0.6) is 0 Å². The lowest BCUT2D eigenvalue weighted by atomic mass is 9.49. The molecule has 5 saturated carbocycles. The van der Waals surface area contributed by atoms with Crippen molar-refractivity contribution in [1.29, 1.82) is 5.26 Å². The number of amides is 1. The molecule has 1 saturated heterocycles. The quantitative estimate of drug-likeness (QED) is 0.748. The minimum atomic E-state index is -0.594. The minimum absolute atomic E-state index is 0.0212. The van der Waals surface area contributed by atoms with E-state index >= 15 is 0 Å². The van der Waals surface area contributed by atoms with Gasteiger partial charge in [-0.3, -0.25) is 4.79 Å². The van der Waals surface area contributed by atoms with Gasteiger partial charge in [-0.2, -0.15) is 5.26 Å². The summed E-state index contributed by atoms with van der Waals surface area (Å²) in [7, 11) is 0. The second kappa shape index (κ2) is 4.29. The number of nitrogens with two attached hydrogens (primary N) is 1. The van der Waals surface area contributed by atoms with Gasteiger partial charge in [-0.05, 0) is 74.5 Å². The van der Waals surface area contributed by atoms with E-state index in [1.165, 1.54) is 6.42 Å². The molecule has 5 aliphatic carbocycles. The first-order chi connectivity index (χ1) is 10.9. The van der Waals surface area contributed by atoms with Crippen LogP contribution in [0.1, 0.15) is 51.4 Å². The van der Waals surface area contributed by atoms with Gasteiger partial charge in [0.05, 0.1) is 17.7 Å². The summed E-state index contributed by atoms with van der Waals surface area (Å²) in [6, 6.07) is 1.72. The van der Waals surface area contributed by atoms with Crippen LogP contribution >= 0.6 is 0 Å². The topological polar surface area (TPSA) is 90.4 Å². The van der Waals surface area contributed by atoms with Crippen LogP contribution in [0, 0.1) is 34.5 Å². The molecule has 1 heterocycles. The first-order valence-corrected chi connectivity index (χ1v) is 9.13. The Hall–Kier alpha value is -1.12. The van der Waals surface area contributed by atoms with Crippen molar-refractivity contribution in [3.63, 3.8) is 0 Å². The van der Waals surface area contributed by atoms with E-state index in [9.17, 15) is 15.2 Å². The lowest BCUT2D eigenvalue weighted by molar-refractivity contribution is -0.177. The summed E-state index contributed by atoms with van der Waals surface area (Å²) in [5, 5.41) is 20.2. The maximum absolute atomic E-state index is 13.1. The second-order valence-electron chi connectivity index (χ2n) is 9.21. The van der Waals surface area contributed by atoms with Crippen molar-refractivity contribution in [1.82, 2.24) is 4.90 Å². The zero-order valence-corrected chi connectivity index (χ0v) is 13.4. The molecule has 5 heteroatoms. The normalized spacial score (nSPS) is 53.8. The average molecular weight is 318 g/mol. The molecule has 3 N–H and O–H groups in total. The van der Waals surface area contributed by atoms with Crippen LogP contribution in [0.15, 0.2) is 0 Å². The lowest BCUT2D eigenvalue weighted by Crippen LogP contribution is -2.64. The lowest BCUT2D eigenvalue weighted by Gasteiger charge is -2.61. The van der Waals surface area contributed by atoms with Crippen LogP contribution < -0.4 is 5.73 Å². The van der Waals surface area contributed by atoms with Crippen molar-refractivity contribution in [2.24, 2.45) is 28.9 Å². The van der Waals surface area contributed by atoms with E-state index in [1.807, 2.05) is 0 Å². The van der Waals surface area contributed by atoms with Crippen molar-refractivity contribution >= 4 is 5.91 Å². The molecule has 6 atom stereocenters. The molecule has 6 rings (SSSR count). The zero-order chi connectivity index (χ0) is 16.0. The smallest absolute Gasteiger partial charge is 0.241 e. The summed E-state index contributed by atoms with van der Waals surface area (Å²) < 4.78 is 0. The van der Waals surface area contributed by atoms with E-state index < -0.39 is 11.6 Å². The second-order valence-corrected chi connectivity index (χ2v) is 9.21. The Kier molecular flexibility index (Phi) is 2.65. The molecular formula is C18H25N3O2. The van der Waals surface area contributed by atoms with E-state index in [2.05, 4.69) is 6.07 Å². The Morgan fingerprint density at radius 3 is 2.52 bits per heavy atom. The first kappa shape index (κ1) is 14.2. The number of carbonyl (C=O) groups excluding carboxylic acids is 1. The molecule has 0 radical (unpaired) electrons. The van der Waals surface area contributed by atoms with Crippen LogP contribution in [0.25, 0.3) is 0 Å². The van der Waals surface area contributed by atoms with Crippen molar-refractivity contribution in [3.05, 3.63) is 0 Å². The van der Waals surface area contributed by atoms with Gasteiger partial charge >= 0.3 is 0 Å². The molecule has 4 bridgehead atoms. The predicted octanol–water partition coefficient (Wildman–Crippen LogP) is 1.16. The monoisotopic (exact) mass is 318 g/mol. The van der Waals surface area contributed by atoms with Crippen LogP contribution in [-0.4, -0.2) is 39.6 Å². The number of aliphatic hydroxyl groups is 1. The van der Waals surface area contributed by atoms with Crippen molar-refractivity contribution < 1.29 is 9.90 Å². The molecule has 5 nitrogen and oxygen atoms in total. The molecule has 6 aliphatic rings. The van der Waals surface area contributed by atoms with Crippen LogP contribution in [0.4, 0.5) is 0 Å². The predicted molar refractivity (Wildman–Crippen MR) is 82.8 cm³/mol. The third kappa shape index (κ3) is 1.88. The number of hydrogen-bond acceptors (Lipinski definition) is 4. The molecule has 0 aromatic rings. The van der Waals surface area contributed by atoms with Crippen molar-refractivity contribution in [3.8, 4) is 6.07 Å². The Morgan fingerprint density at radius 2 is 1.91 bits per heavy atom. The van der Waals surface area contributed by atoms with E-state index in [-0.39, 0.29) is 23.4 Å². The third-order valence-electron chi connectivity index (χ3n) is 7.51. The average Bonchev–Trinajstić information content (AvgIpc) is 3.14. The number of hydrogen-bond donors (Lipinski definition) is 2. The summed E-state index contributed by atoms with van der Waals surface area (Å²) in [6.07, 6.45) is 7.48. The van der Waals surface area contributed by atoms with Gasteiger partial charge in [-0.1, -0.05) is 0 Å². The fraction of sp³-hybridized carbons (Fsp3) is 0.889. The van der Waals surface area contributed by atoms with Gasteiger partial charge in [0, 0.05) is 6.04 Å². The molecular weight excluding hydrogens is 293 g/mol. The van der Waals surface area contributed by atoms with Gasteiger partial charge in [0.1, 0.15) is 6.04 Å². The molecule has 124 valence electrons. The molecule has 0 aromatic heterocycles. The summed E-state index contributed by atoms with van der Waals surface area (Å²) in [6.45, 7) is 0. The highest BCUT2D eigenvalue weighted by Crippen LogP contribution is 2.63. The number of piperidine rings is 1. The van der Waals surface area contributed by atoms with E-state index in [4.69, 9.17) is 5.73 Å². The summed E-state index contributed by atoms with van der Waals surface area (Å²) in [4.78, 5) is 14.9. The molecule has 23 heavy (non-hydrogen) atoms. The highest BCUT2D eigenvalue weighted by Gasteiger charge is 2.62. The van der Waals surface area contributed by atoms with Crippen LogP contribution in [-0.2, 0) is 4.79 Å². The summed E-state index contributed by atoms with van der Waals surface area (Å²) in [5.74, 6) is 1.56. The minimum Gasteiger partial charge on any atom is -0.390 e. The van der Waals surface area contributed by atoms with Gasteiger partial charge in [-0.15, -0.1) is 0 Å². The van der Waals surface area contributed by atoms with Gasteiger partial charge in [0.15, 0.2) is 0 Å².